The van der Waals surface area contributed by atoms with E-state index in [1.807, 2.05) is 14.1 Å². The highest BCUT2D eigenvalue weighted by Gasteiger charge is 2.28. The number of likely N-dealkylation sites (N-methyl/N-ethyl adjacent to an activating group) is 1. The molecule has 1 saturated heterocycles. The molecule has 2 aromatic carbocycles. The molecule has 2 aromatic rings. The second kappa shape index (κ2) is 9.54. The molecule has 1 fully saturated rings. The monoisotopic (exact) mass is 408 g/mol. The topological polar surface area (TPSA) is 81.8 Å². The van der Waals surface area contributed by atoms with Gasteiger partial charge < -0.3 is 15.5 Å². The van der Waals surface area contributed by atoms with E-state index >= 15 is 0 Å². The van der Waals surface area contributed by atoms with Crippen molar-refractivity contribution in [2.24, 2.45) is 0 Å². The Kier molecular flexibility index (Phi) is 6.84. The van der Waals surface area contributed by atoms with Crippen LogP contribution in [0.2, 0.25) is 0 Å². The first kappa shape index (κ1) is 21.5. The van der Waals surface area contributed by atoms with Gasteiger partial charge in [-0.1, -0.05) is 43.3 Å². The lowest BCUT2D eigenvalue weighted by molar-refractivity contribution is -0.125. The Balaban J connectivity index is 1.60. The lowest BCUT2D eigenvalue weighted by Gasteiger charge is -2.25. The molecule has 7 heteroatoms. The molecule has 30 heavy (non-hydrogen) atoms. The zero-order chi connectivity index (χ0) is 21.7. The van der Waals surface area contributed by atoms with Gasteiger partial charge in [-0.05, 0) is 49.3 Å². The number of imide groups is 1. The lowest BCUT2D eigenvalue weighted by Crippen LogP contribution is -2.34. The van der Waals surface area contributed by atoms with E-state index in [-0.39, 0.29) is 37.0 Å². The van der Waals surface area contributed by atoms with E-state index in [2.05, 4.69) is 46.7 Å². The summed E-state index contributed by atoms with van der Waals surface area (Å²) < 4.78 is 0. The maximum atomic E-state index is 12.6. The molecule has 1 aliphatic rings. The summed E-state index contributed by atoms with van der Waals surface area (Å²) in [5.41, 5.74) is 3.77. The van der Waals surface area contributed by atoms with Crippen molar-refractivity contribution in [3.05, 3.63) is 70.8 Å². The summed E-state index contributed by atoms with van der Waals surface area (Å²) in [4.78, 5) is 39.2. The third-order valence-corrected chi connectivity index (χ3v) is 5.35. The second-order valence-electron chi connectivity index (χ2n) is 7.62. The van der Waals surface area contributed by atoms with Crippen LogP contribution in [0.1, 0.15) is 40.0 Å². The Morgan fingerprint density at radius 3 is 2.23 bits per heavy atom. The highest BCUT2D eigenvalue weighted by Crippen LogP contribution is 2.19. The van der Waals surface area contributed by atoms with E-state index in [0.717, 1.165) is 17.5 Å². The molecule has 0 radical (unpaired) electrons. The van der Waals surface area contributed by atoms with Crippen LogP contribution < -0.4 is 10.6 Å². The normalized spacial score (nSPS) is 14.7. The maximum Gasteiger partial charge on any atom is 0.324 e. The Bertz CT molecular complexity index is 891. The van der Waals surface area contributed by atoms with Gasteiger partial charge in [0.05, 0.1) is 19.1 Å². The number of rotatable bonds is 8. The van der Waals surface area contributed by atoms with Crippen molar-refractivity contribution in [2.75, 3.05) is 27.2 Å². The van der Waals surface area contributed by atoms with Crippen molar-refractivity contribution >= 4 is 17.8 Å². The molecule has 4 amide bonds. The van der Waals surface area contributed by atoms with Gasteiger partial charge in [0, 0.05) is 12.1 Å². The van der Waals surface area contributed by atoms with Crippen LogP contribution in [0.3, 0.4) is 0 Å². The summed E-state index contributed by atoms with van der Waals surface area (Å²) in [5, 5.41) is 5.50. The molecule has 0 saturated carbocycles. The molecule has 0 bridgehead atoms. The summed E-state index contributed by atoms with van der Waals surface area (Å²) in [6.07, 6.45) is 0.996. The van der Waals surface area contributed by atoms with Crippen molar-refractivity contribution in [3.8, 4) is 0 Å². The molecular formula is C23H28N4O3. The number of nitrogens with zero attached hydrogens (tertiary/aromatic N) is 2. The Morgan fingerprint density at radius 2 is 1.70 bits per heavy atom. The number of carbonyl (C=O) groups is 3. The smallest absolute Gasteiger partial charge is 0.324 e. The van der Waals surface area contributed by atoms with Crippen molar-refractivity contribution < 1.29 is 14.4 Å². The van der Waals surface area contributed by atoms with Crippen LogP contribution in [-0.2, 0) is 17.8 Å². The van der Waals surface area contributed by atoms with E-state index in [0.29, 0.717) is 12.1 Å². The third kappa shape index (κ3) is 5.04. The molecule has 2 N–H and O–H groups in total. The molecule has 0 aliphatic carbocycles. The SMILES string of the molecule is CCc1ccc(C(CNC(=O)c2ccc(CN3C(=O)CNC3=O)cc2)N(C)C)cc1. The fourth-order valence-corrected chi connectivity index (χ4v) is 3.42. The maximum absolute atomic E-state index is 12.6. The Hall–Kier alpha value is -3.19. The predicted octanol–water partition coefficient (Wildman–Crippen LogP) is 2.33. The lowest BCUT2D eigenvalue weighted by atomic mass is 10.0. The van der Waals surface area contributed by atoms with Gasteiger partial charge in [-0.3, -0.25) is 14.5 Å². The van der Waals surface area contributed by atoms with E-state index in [9.17, 15) is 14.4 Å². The minimum absolute atomic E-state index is 0.0353. The average Bonchev–Trinajstić information content (AvgIpc) is 3.06. The quantitative estimate of drug-likeness (QED) is 0.657. The van der Waals surface area contributed by atoms with Gasteiger partial charge in [0.25, 0.3) is 5.91 Å². The number of urea groups is 1. The van der Waals surface area contributed by atoms with Crippen LogP contribution in [0.15, 0.2) is 48.5 Å². The van der Waals surface area contributed by atoms with Gasteiger partial charge in [0.2, 0.25) is 5.91 Å². The van der Waals surface area contributed by atoms with Gasteiger partial charge in [-0.15, -0.1) is 0 Å². The van der Waals surface area contributed by atoms with Crippen molar-refractivity contribution in [3.63, 3.8) is 0 Å². The van der Waals surface area contributed by atoms with Gasteiger partial charge in [0.15, 0.2) is 0 Å². The number of carbonyl (C=O) groups excluding carboxylic acids is 3. The van der Waals surface area contributed by atoms with Crippen LogP contribution >= 0.6 is 0 Å². The molecule has 0 spiro atoms. The fraction of sp³-hybridized carbons (Fsp3) is 0.348. The van der Waals surface area contributed by atoms with Crippen molar-refractivity contribution in [2.45, 2.75) is 25.9 Å². The highest BCUT2D eigenvalue weighted by molar-refractivity contribution is 6.01. The molecular weight excluding hydrogens is 380 g/mol. The number of benzene rings is 2. The zero-order valence-electron chi connectivity index (χ0n) is 17.6. The first-order chi connectivity index (χ1) is 14.4. The van der Waals surface area contributed by atoms with E-state index in [1.54, 1.807) is 24.3 Å². The minimum Gasteiger partial charge on any atom is -0.350 e. The van der Waals surface area contributed by atoms with Gasteiger partial charge in [0.1, 0.15) is 0 Å². The predicted molar refractivity (Wildman–Crippen MR) is 115 cm³/mol. The van der Waals surface area contributed by atoms with Crippen molar-refractivity contribution in [1.29, 1.82) is 0 Å². The Labute approximate surface area is 177 Å². The molecule has 1 atom stereocenters. The molecule has 7 nitrogen and oxygen atoms in total. The number of aryl methyl sites for hydroxylation is 1. The van der Waals surface area contributed by atoms with Crippen LogP contribution in [-0.4, -0.2) is 54.8 Å². The molecule has 1 heterocycles. The van der Waals surface area contributed by atoms with Crippen LogP contribution in [0.4, 0.5) is 4.79 Å². The summed E-state index contributed by atoms with van der Waals surface area (Å²) in [6.45, 7) is 2.85. The second-order valence-corrected chi connectivity index (χ2v) is 7.62. The number of hydrogen-bond donors (Lipinski definition) is 2. The van der Waals surface area contributed by atoms with E-state index in [4.69, 9.17) is 0 Å². The fourth-order valence-electron chi connectivity index (χ4n) is 3.42. The van der Waals surface area contributed by atoms with Crippen LogP contribution in [0.5, 0.6) is 0 Å². The summed E-state index contributed by atoms with van der Waals surface area (Å²) in [6, 6.07) is 15.1. The summed E-state index contributed by atoms with van der Waals surface area (Å²) in [5.74, 6) is -0.405. The standard InChI is InChI=1S/C23H28N4O3/c1-4-16-5-9-18(10-6-16)20(26(2)3)13-24-22(29)19-11-7-17(8-12-19)15-27-21(28)14-25-23(27)30/h5-12,20H,4,13-15H2,1-3H3,(H,24,29)(H,25,30). The third-order valence-electron chi connectivity index (χ3n) is 5.35. The Morgan fingerprint density at radius 1 is 1.07 bits per heavy atom. The van der Waals surface area contributed by atoms with Gasteiger partial charge in [-0.2, -0.15) is 0 Å². The molecule has 158 valence electrons. The van der Waals surface area contributed by atoms with Gasteiger partial charge in [-0.25, -0.2) is 4.79 Å². The molecule has 1 aliphatic heterocycles. The molecule has 1 unspecified atom stereocenters. The van der Waals surface area contributed by atoms with Crippen LogP contribution in [0, 0.1) is 0 Å². The highest BCUT2D eigenvalue weighted by atomic mass is 16.2. The summed E-state index contributed by atoms with van der Waals surface area (Å²) in [7, 11) is 3.99. The summed E-state index contributed by atoms with van der Waals surface area (Å²) >= 11 is 0. The van der Waals surface area contributed by atoms with E-state index < -0.39 is 0 Å². The first-order valence-corrected chi connectivity index (χ1v) is 10.1. The van der Waals surface area contributed by atoms with Crippen LogP contribution in [0.25, 0.3) is 0 Å². The van der Waals surface area contributed by atoms with Gasteiger partial charge >= 0.3 is 6.03 Å². The average molecular weight is 409 g/mol. The molecule has 3 rings (SSSR count). The van der Waals surface area contributed by atoms with Crippen molar-refractivity contribution in [1.82, 2.24) is 20.4 Å². The number of nitrogens with one attached hydrogen (secondary N) is 2. The largest absolute Gasteiger partial charge is 0.350 e. The number of amides is 4. The zero-order valence-corrected chi connectivity index (χ0v) is 17.6. The van der Waals surface area contributed by atoms with E-state index in [1.165, 1.54) is 10.5 Å². The minimum atomic E-state index is -0.386. The first-order valence-electron chi connectivity index (χ1n) is 10.1. The number of hydrogen-bond acceptors (Lipinski definition) is 4. The molecule has 0 aromatic heterocycles.